The number of likely N-dealkylation sites (N-methyl/N-ethyl adjacent to an activating group) is 1. The molecule has 1 fully saturated rings. The van der Waals surface area contributed by atoms with E-state index < -0.39 is 0 Å². The maximum Gasteiger partial charge on any atom is 0.0621 e. The van der Waals surface area contributed by atoms with Gasteiger partial charge in [-0.05, 0) is 37.4 Å². The molecule has 2 nitrogen and oxygen atoms in total. The molecule has 0 bridgehead atoms. The molecule has 1 aliphatic carbocycles. The van der Waals surface area contributed by atoms with Crippen molar-refractivity contribution in [1.82, 2.24) is 10.3 Å². The summed E-state index contributed by atoms with van der Waals surface area (Å²) >= 11 is 6.20. The molecule has 0 aromatic carbocycles. The molecule has 0 radical (unpaired) electrons. The zero-order valence-corrected chi connectivity index (χ0v) is 12.6. The Hall–Kier alpha value is -0.600. The van der Waals surface area contributed by atoms with Crippen molar-refractivity contribution in [1.29, 1.82) is 0 Å². The van der Waals surface area contributed by atoms with E-state index in [0.717, 1.165) is 17.4 Å². The van der Waals surface area contributed by atoms with Crippen LogP contribution in [0.2, 0.25) is 5.02 Å². The number of hydrogen-bond donors (Lipinski definition) is 1. The highest BCUT2D eigenvalue weighted by Crippen LogP contribution is 2.27. The number of aromatic nitrogens is 1. The van der Waals surface area contributed by atoms with Crippen LogP contribution in [0.25, 0.3) is 0 Å². The van der Waals surface area contributed by atoms with Crippen LogP contribution in [-0.2, 0) is 6.42 Å². The fourth-order valence-corrected chi connectivity index (χ4v) is 3.34. The molecule has 1 aromatic heterocycles. The van der Waals surface area contributed by atoms with Gasteiger partial charge in [0.15, 0.2) is 0 Å². The minimum absolute atomic E-state index is 0.531. The summed E-state index contributed by atoms with van der Waals surface area (Å²) in [7, 11) is 2.07. The fraction of sp³-hybridized carbons (Fsp3) is 0.688. The smallest absolute Gasteiger partial charge is 0.0621 e. The molecule has 1 heterocycles. The summed E-state index contributed by atoms with van der Waals surface area (Å²) in [4.78, 5) is 4.05. The van der Waals surface area contributed by atoms with Crippen LogP contribution in [0.4, 0.5) is 0 Å². The predicted octanol–water partition coefficient (Wildman–Crippen LogP) is 4.23. The Labute approximate surface area is 122 Å². The number of rotatable bonds is 5. The molecule has 0 spiro atoms. The molecule has 0 amide bonds. The first-order valence-corrected chi connectivity index (χ1v) is 7.93. The first-order chi connectivity index (χ1) is 9.29. The van der Waals surface area contributed by atoms with Crippen molar-refractivity contribution in [3.63, 3.8) is 0 Å². The minimum Gasteiger partial charge on any atom is -0.317 e. The molecule has 3 heteroatoms. The maximum absolute atomic E-state index is 6.20. The van der Waals surface area contributed by atoms with Gasteiger partial charge >= 0.3 is 0 Å². The Kier molecular flexibility index (Phi) is 6.12. The van der Waals surface area contributed by atoms with Gasteiger partial charge in [0.05, 0.1) is 5.02 Å². The van der Waals surface area contributed by atoms with Crippen LogP contribution in [0.5, 0.6) is 0 Å². The number of halogens is 1. The first kappa shape index (κ1) is 14.8. The summed E-state index contributed by atoms with van der Waals surface area (Å²) < 4.78 is 0. The summed E-state index contributed by atoms with van der Waals surface area (Å²) in [5.41, 5.74) is 1.21. The lowest BCUT2D eigenvalue weighted by molar-refractivity contribution is 0.361. The Morgan fingerprint density at radius 3 is 2.68 bits per heavy atom. The van der Waals surface area contributed by atoms with Crippen molar-refractivity contribution in [2.45, 2.75) is 57.4 Å². The number of pyridine rings is 1. The molecule has 19 heavy (non-hydrogen) atoms. The van der Waals surface area contributed by atoms with Crippen LogP contribution in [0.3, 0.4) is 0 Å². The molecule has 1 atom stereocenters. The molecule has 106 valence electrons. The average Bonchev–Trinajstić information content (AvgIpc) is 2.69. The van der Waals surface area contributed by atoms with Gasteiger partial charge in [0.25, 0.3) is 0 Å². The standard InChI is InChI=1S/C16H25ClN2/c1-18-15(10-13-6-4-2-3-5-7-13)11-14-8-9-19-12-16(14)17/h8-9,12-13,15,18H,2-7,10-11H2,1H3. The van der Waals surface area contributed by atoms with E-state index in [1.165, 1.54) is 50.5 Å². The lowest BCUT2D eigenvalue weighted by atomic mass is 9.90. The van der Waals surface area contributed by atoms with E-state index in [1.807, 2.05) is 12.3 Å². The van der Waals surface area contributed by atoms with Crippen molar-refractivity contribution in [3.05, 3.63) is 29.0 Å². The molecule has 0 aliphatic heterocycles. The SMILES string of the molecule is CNC(Cc1ccncc1Cl)CC1CCCCCC1. The molecule has 1 N–H and O–H groups in total. The van der Waals surface area contributed by atoms with Gasteiger partial charge in [-0.25, -0.2) is 0 Å². The van der Waals surface area contributed by atoms with Gasteiger partial charge in [0, 0.05) is 18.4 Å². The highest BCUT2D eigenvalue weighted by Gasteiger charge is 2.18. The maximum atomic E-state index is 6.20. The van der Waals surface area contributed by atoms with E-state index in [2.05, 4.69) is 17.3 Å². The number of hydrogen-bond acceptors (Lipinski definition) is 2. The summed E-state index contributed by atoms with van der Waals surface area (Å²) in [6, 6.07) is 2.57. The van der Waals surface area contributed by atoms with Gasteiger partial charge in [0.2, 0.25) is 0 Å². The monoisotopic (exact) mass is 280 g/mol. The van der Waals surface area contributed by atoms with Crippen LogP contribution in [0.1, 0.15) is 50.5 Å². The Bertz CT molecular complexity index is 373. The number of nitrogens with one attached hydrogen (secondary N) is 1. The van der Waals surface area contributed by atoms with Gasteiger partial charge < -0.3 is 5.32 Å². The third-order valence-electron chi connectivity index (χ3n) is 4.32. The highest BCUT2D eigenvalue weighted by molar-refractivity contribution is 6.31. The third kappa shape index (κ3) is 4.77. The van der Waals surface area contributed by atoms with Crippen molar-refractivity contribution in [2.75, 3.05) is 7.05 Å². The largest absolute Gasteiger partial charge is 0.317 e. The van der Waals surface area contributed by atoms with E-state index >= 15 is 0 Å². The summed E-state index contributed by atoms with van der Waals surface area (Å²) in [5.74, 6) is 0.889. The van der Waals surface area contributed by atoms with E-state index in [-0.39, 0.29) is 0 Å². The van der Waals surface area contributed by atoms with E-state index in [9.17, 15) is 0 Å². The second kappa shape index (κ2) is 7.86. The summed E-state index contributed by atoms with van der Waals surface area (Å²) in [6.07, 6.45) is 14.4. The molecular formula is C16H25ClN2. The van der Waals surface area contributed by atoms with Crippen LogP contribution >= 0.6 is 11.6 Å². The van der Waals surface area contributed by atoms with Crippen molar-refractivity contribution in [2.24, 2.45) is 5.92 Å². The van der Waals surface area contributed by atoms with Crippen LogP contribution in [0, 0.1) is 5.92 Å². The van der Waals surface area contributed by atoms with Gasteiger partial charge in [0.1, 0.15) is 0 Å². The molecule has 2 rings (SSSR count). The van der Waals surface area contributed by atoms with Gasteiger partial charge in [-0.3, -0.25) is 4.98 Å². The average molecular weight is 281 g/mol. The minimum atomic E-state index is 0.531. The van der Waals surface area contributed by atoms with Gasteiger partial charge in [-0.1, -0.05) is 50.1 Å². The van der Waals surface area contributed by atoms with Crippen LogP contribution < -0.4 is 5.32 Å². The van der Waals surface area contributed by atoms with E-state index in [1.54, 1.807) is 6.20 Å². The topological polar surface area (TPSA) is 24.9 Å². The van der Waals surface area contributed by atoms with Gasteiger partial charge in [-0.15, -0.1) is 0 Å². The van der Waals surface area contributed by atoms with E-state index in [4.69, 9.17) is 11.6 Å². The van der Waals surface area contributed by atoms with Crippen LogP contribution in [0.15, 0.2) is 18.5 Å². The highest BCUT2D eigenvalue weighted by atomic mass is 35.5. The summed E-state index contributed by atoms with van der Waals surface area (Å²) in [5, 5.41) is 4.26. The molecular weight excluding hydrogens is 256 g/mol. The molecule has 0 saturated heterocycles. The molecule has 1 aromatic rings. The zero-order chi connectivity index (χ0) is 13.5. The quantitative estimate of drug-likeness (QED) is 0.817. The Balaban J connectivity index is 1.90. The van der Waals surface area contributed by atoms with Crippen molar-refractivity contribution in [3.8, 4) is 0 Å². The summed E-state index contributed by atoms with van der Waals surface area (Å²) in [6.45, 7) is 0. The first-order valence-electron chi connectivity index (χ1n) is 7.55. The third-order valence-corrected chi connectivity index (χ3v) is 4.66. The van der Waals surface area contributed by atoms with Crippen molar-refractivity contribution < 1.29 is 0 Å². The molecule has 1 saturated carbocycles. The lowest BCUT2D eigenvalue weighted by Gasteiger charge is -2.22. The lowest BCUT2D eigenvalue weighted by Crippen LogP contribution is -2.30. The Morgan fingerprint density at radius 1 is 1.32 bits per heavy atom. The predicted molar refractivity (Wildman–Crippen MR) is 81.6 cm³/mol. The van der Waals surface area contributed by atoms with Crippen molar-refractivity contribution >= 4 is 11.6 Å². The number of nitrogens with zero attached hydrogens (tertiary/aromatic N) is 1. The molecule has 1 unspecified atom stereocenters. The van der Waals surface area contributed by atoms with Gasteiger partial charge in [-0.2, -0.15) is 0 Å². The van der Waals surface area contributed by atoms with E-state index in [0.29, 0.717) is 6.04 Å². The fourth-order valence-electron chi connectivity index (χ4n) is 3.14. The molecule has 1 aliphatic rings. The Morgan fingerprint density at radius 2 is 2.05 bits per heavy atom. The second-order valence-electron chi connectivity index (χ2n) is 5.75. The van der Waals surface area contributed by atoms with Crippen LogP contribution in [-0.4, -0.2) is 18.1 Å². The zero-order valence-electron chi connectivity index (χ0n) is 11.9. The second-order valence-corrected chi connectivity index (χ2v) is 6.16. The normalized spacial score (nSPS) is 19.1.